The minimum atomic E-state index is -0.318. The van der Waals surface area contributed by atoms with Gasteiger partial charge in [0.25, 0.3) is 5.56 Å². The lowest BCUT2D eigenvalue weighted by Crippen LogP contribution is -2.26. The van der Waals surface area contributed by atoms with E-state index >= 15 is 0 Å². The van der Waals surface area contributed by atoms with Crippen LogP contribution in [0.15, 0.2) is 58.3 Å². The number of aromatic nitrogens is 6. The molecule has 0 atom stereocenters. The maximum Gasteiger partial charge on any atom is 0.352 e. The van der Waals surface area contributed by atoms with Gasteiger partial charge in [-0.15, -0.1) is 5.10 Å². The summed E-state index contributed by atoms with van der Waals surface area (Å²) in [7, 11) is 1.72. The molecule has 0 aliphatic rings. The van der Waals surface area contributed by atoms with Gasteiger partial charge in [-0.3, -0.25) is 14.0 Å². The summed E-state index contributed by atoms with van der Waals surface area (Å²) in [6.45, 7) is 4.63. The monoisotopic (exact) mass is 448 g/mol. The second-order valence-corrected chi connectivity index (χ2v) is 8.49. The van der Waals surface area contributed by atoms with E-state index in [1.165, 1.54) is 23.9 Å². The molecule has 0 aliphatic heterocycles. The molecule has 0 saturated heterocycles. The molecule has 3 heterocycles. The van der Waals surface area contributed by atoms with Crippen LogP contribution in [0.25, 0.3) is 16.8 Å². The summed E-state index contributed by atoms with van der Waals surface area (Å²) in [5.41, 5.74) is 4.21. The zero-order valence-electron chi connectivity index (χ0n) is 17.9. The number of rotatable bonds is 4. The Bertz CT molecular complexity index is 1600. The van der Waals surface area contributed by atoms with Gasteiger partial charge in [-0.2, -0.15) is 5.10 Å². The van der Waals surface area contributed by atoms with Crippen molar-refractivity contribution in [1.82, 2.24) is 28.5 Å². The highest BCUT2D eigenvalue weighted by Crippen LogP contribution is 2.15. The van der Waals surface area contributed by atoms with Crippen LogP contribution in [0.1, 0.15) is 22.3 Å². The lowest BCUT2D eigenvalue weighted by Gasteiger charge is -2.07. The van der Waals surface area contributed by atoms with E-state index in [0.717, 1.165) is 16.7 Å². The molecular formula is C23H21ClN6O2. The summed E-state index contributed by atoms with van der Waals surface area (Å²) < 4.78 is 5.87. The van der Waals surface area contributed by atoms with Gasteiger partial charge in [-0.25, -0.2) is 13.9 Å². The minimum Gasteiger partial charge on any atom is -0.273 e. The van der Waals surface area contributed by atoms with Crippen LogP contribution in [0.4, 0.5) is 0 Å². The molecule has 0 spiro atoms. The molecule has 0 radical (unpaired) electrons. The third kappa shape index (κ3) is 3.33. The fourth-order valence-corrected chi connectivity index (χ4v) is 4.01. The van der Waals surface area contributed by atoms with Crippen molar-refractivity contribution in [3.8, 4) is 0 Å². The third-order valence-corrected chi connectivity index (χ3v) is 5.97. The Hall–Kier alpha value is -3.65. The topological polar surface area (TPSA) is 79.1 Å². The first-order valence-corrected chi connectivity index (χ1v) is 10.6. The highest BCUT2D eigenvalue weighted by atomic mass is 35.5. The summed E-state index contributed by atoms with van der Waals surface area (Å²) in [5.74, 6) is 0.277. The van der Waals surface area contributed by atoms with Crippen LogP contribution in [-0.2, 0) is 20.1 Å². The van der Waals surface area contributed by atoms with E-state index in [0.29, 0.717) is 17.1 Å². The number of fused-ring (bicyclic) bond motifs is 3. The van der Waals surface area contributed by atoms with Gasteiger partial charge in [-0.1, -0.05) is 41.9 Å². The Kier molecular flexibility index (Phi) is 4.74. The summed E-state index contributed by atoms with van der Waals surface area (Å²) in [6, 6.07) is 13.3. The van der Waals surface area contributed by atoms with Crippen LogP contribution in [0.3, 0.4) is 0 Å². The molecule has 9 heteroatoms. The lowest BCUT2D eigenvalue weighted by molar-refractivity contribution is 0.654. The second kappa shape index (κ2) is 7.49. The summed E-state index contributed by atoms with van der Waals surface area (Å²) >= 11 is 6.00. The molecule has 0 aliphatic carbocycles. The van der Waals surface area contributed by atoms with Crippen LogP contribution in [-0.4, -0.2) is 28.5 Å². The number of aryl methyl sites for hydroxylation is 3. The van der Waals surface area contributed by atoms with Crippen molar-refractivity contribution in [2.75, 3.05) is 0 Å². The van der Waals surface area contributed by atoms with Crippen molar-refractivity contribution in [3.05, 3.63) is 96.8 Å². The molecule has 0 saturated carbocycles. The molecule has 5 aromatic rings. The van der Waals surface area contributed by atoms with E-state index in [-0.39, 0.29) is 29.1 Å². The Morgan fingerprint density at radius 1 is 0.906 bits per heavy atom. The molecule has 2 aromatic carbocycles. The molecule has 0 bridgehead atoms. The maximum atomic E-state index is 13.4. The fourth-order valence-electron chi connectivity index (χ4n) is 3.89. The van der Waals surface area contributed by atoms with Crippen molar-refractivity contribution in [3.63, 3.8) is 0 Å². The van der Waals surface area contributed by atoms with Gasteiger partial charge in [0.2, 0.25) is 5.78 Å². The lowest BCUT2D eigenvalue weighted by atomic mass is 10.1. The maximum absolute atomic E-state index is 13.4. The second-order valence-electron chi connectivity index (χ2n) is 8.05. The molecule has 32 heavy (non-hydrogen) atoms. The largest absolute Gasteiger partial charge is 0.352 e. The van der Waals surface area contributed by atoms with Gasteiger partial charge >= 0.3 is 5.69 Å². The number of hydrogen-bond acceptors (Lipinski definition) is 4. The van der Waals surface area contributed by atoms with E-state index in [2.05, 4.69) is 10.2 Å². The van der Waals surface area contributed by atoms with Crippen molar-refractivity contribution in [2.24, 2.45) is 7.05 Å². The van der Waals surface area contributed by atoms with Gasteiger partial charge in [0, 0.05) is 18.3 Å². The van der Waals surface area contributed by atoms with E-state index in [1.807, 2.05) is 44.2 Å². The normalized spacial score (nSPS) is 11.6. The first-order valence-electron chi connectivity index (χ1n) is 10.2. The quantitative estimate of drug-likeness (QED) is 0.423. The number of nitrogens with zero attached hydrogens (tertiary/aromatic N) is 6. The van der Waals surface area contributed by atoms with E-state index in [1.54, 1.807) is 25.4 Å². The van der Waals surface area contributed by atoms with Crippen LogP contribution in [0, 0.1) is 13.8 Å². The Balaban J connectivity index is 1.73. The van der Waals surface area contributed by atoms with Crippen LogP contribution in [0.5, 0.6) is 0 Å². The summed E-state index contributed by atoms with van der Waals surface area (Å²) in [5, 5.41) is 9.47. The smallest absolute Gasteiger partial charge is 0.273 e. The van der Waals surface area contributed by atoms with E-state index in [9.17, 15) is 9.59 Å². The standard InChI is InChI=1S/C23H21ClN6O2/c1-14-4-5-17(10-15(14)2)12-29-23(32)30-19-13-27(3)25-20(19)21(31)28(22(30)26-29)11-16-6-8-18(24)9-7-16/h4-10,13H,11-12H2,1-3H3. The predicted octanol–water partition coefficient (Wildman–Crippen LogP) is 2.91. The van der Waals surface area contributed by atoms with E-state index in [4.69, 9.17) is 11.6 Å². The van der Waals surface area contributed by atoms with Crippen molar-refractivity contribution < 1.29 is 0 Å². The van der Waals surface area contributed by atoms with Gasteiger partial charge < -0.3 is 0 Å². The molecule has 5 rings (SSSR count). The molecule has 0 fully saturated rings. The third-order valence-electron chi connectivity index (χ3n) is 5.72. The van der Waals surface area contributed by atoms with Gasteiger partial charge in [0.05, 0.1) is 13.1 Å². The Morgan fingerprint density at radius 2 is 1.62 bits per heavy atom. The Labute approximate surface area is 187 Å². The van der Waals surface area contributed by atoms with Crippen LogP contribution >= 0.6 is 11.6 Å². The first-order chi connectivity index (χ1) is 15.3. The molecule has 0 amide bonds. The van der Waals surface area contributed by atoms with Gasteiger partial charge in [-0.05, 0) is 48.2 Å². The molecule has 0 unspecified atom stereocenters. The van der Waals surface area contributed by atoms with Gasteiger partial charge in [0.15, 0.2) is 5.52 Å². The molecular weight excluding hydrogens is 428 g/mol. The highest BCUT2D eigenvalue weighted by Gasteiger charge is 2.20. The van der Waals surface area contributed by atoms with Gasteiger partial charge in [0.1, 0.15) is 5.52 Å². The van der Waals surface area contributed by atoms with Crippen LogP contribution in [0.2, 0.25) is 5.02 Å². The number of benzene rings is 2. The highest BCUT2D eigenvalue weighted by molar-refractivity contribution is 6.30. The average molecular weight is 449 g/mol. The summed E-state index contributed by atoms with van der Waals surface area (Å²) in [4.78, 5) is 26.6. The number of hydrogen-bond donors (Lipinski definition) is 0. The average Bonchev–Trinajstić information content (AvgIpc) is 3.29. The van der Waals surface area contributed by atoms with Crippen molar-refractivity contribution in [1.29, 1.82) is 0 Å². The molecule has 162 valence electrons. The fraction of sp³-hybridized carbons (Fsp3) is 0.217. The SMILES string of the molecule is Cc1ccc(Cn2nc3n(Cc4ccc(Cl)cc4)c(=O)c4nn(C)cc4n3c2=O)cc1C. The van der Waals surface area contributed by atoms with Crippen molar-refractivity contribution >= 4 is 28.4 Å². The van der Waals surface area contributed by atoms with Crippen molar-refractivity contribution in [2.45, 2.75) is 26.9 Å². The zero-order valence-corrected chi connectivity index (χ0v) is 18.7. The minimum absolute atomic E-state index is 0.224. The summed E-state index contributed by atoms with van der Waals surface area (Å²) in [6.07, 6.45) is 1.67. The predicted molar refractivity (Wildman–Crippen MR) is 124 cm³/mol. The van der Waals surface area contributed by atoms with Crippen LogP contribution < -0.4 is 11.2 Å². The first kappa shape index (κ1) is 20.3. The van der Waals surface area contributed by atoms with E-state index < -0.39 is 0 Å². The molecule has 8 nitrogen and oxygen atoms in total. The molecule has 3 aromatic heterocycles. The zero-order chi connectivity index (χ0) is 22.6. The molecule has 0 N–H and O–H groups in total. The number of halogens is 1. The Morgan fingerprint density at radius 3 is 2.34 bits per heavy atom.